The van der Waals surface area contributed by atoms with Gasteiger partial charge in [-0.2, -0.15) is 0 Å². The van der Waals surface area contributed by atoms with E-state index >= 15 is 0 Å². The number of anilines is 3. The SMILES string of the molecule is Nc1c(Br)cc(C2CC2)cc1[N+](=O)[O-].Nc1cc(C2CC2)cc(Br)c1N. The molecule has 2 aromatic rings. The maximum atomic E-state index is 10.7. The Labute approximate surface area is 168 Å². The van der Waals surface area contributed by atoms with Crippen molar-refractivity contribution in [3.05, 3.63) is 54.5 Å². The summed E-state index contributed by atoms with van der Waals surface area (Å²) in [6, 6.07) is 7.51. The van der Waals surface area contributed by atoms with Crippen LogP contribution in [0.4, 0.5) is 22.7 Å². The van der Waals surface area contributed by atoms with E-state index in [-0.39, 0.29) is 11.4 Å². The van der Waals surface area contributed by atoms with Gasteiger partial charge in [0.25, 0.3) is 5.69 Å². The van der Waals surface area contributed by atoms with Crippen molar-refractivity contribution in [2.24, 2.45) is 0 Å². The molecular weight excluding hydrogens is 464 g/mol. The van der Waals surface area contributed by atoms with Gasteiger partial charge in [-0.15, -0.1) is 0 Å². The lowest BCUT2D eigenvalue weighted by molar-refractivity contribution is -0.384. The number of hydrogen-bond acceptors (Lipinski definition) is 5. The standard InChI is InChI=1S/C9H9BrN2O2.C9H11BrN2/c10-7-3-6(5-1-2-5)4-8(9(7)11)12(13)14;10-7-3-6(5-1-2-5)4-8(11)9(7)12/h3-5H,1-2,11H2;3-5H,1-2,11-12H2. The van der Waals surface area contributed by atoms with Crippen LogP contribution in [0.15, 0.2) is 33.2 Å². The fraction of sp³-hybridized carbons (Fsp3) is 0.333. The van der Waals surface area contributed by atoms with Crippen LogP contribution in [0.1, 0.15) is 48.6 Å². The Morgan fingerprint density at radius 2 is 1.31 bits per heavy atom. The number of rotatable bonds is 3. The first-order valence-electron chi connectivity index (χ1n) is 8.35. The highest BCUT2D eigenvalue weighted by Crippen LogP contribution is 2.44. The molecule has 6 nitrogen and oxygen atoms in total. The van der Waals surface area contributed by atoms with Gasteiger partial charge in [0.15, 0.2) is 0 Å². The predicted molar refractivity (Wildman–Crippen MR) is 112 cm³/mol. The van der Waals surface area contributed by atoms with Crippen LogP contribution in [0, 0.1) is 10.1 Å². The molecule has 0 unspecified atom stereocenters. The minimum atomic E-state index is -0.439. The van der Waals surface area contributed by atoms with E-state index in [1.54, 1.807) is 6.07 Å². The van der Waals surface area contributed by atoms with E-state index in [9.17, 15) is 10.1 Å². The van der Waals surface area contributed by atoms with Crippen molar-refractivity contribution in [3.63, 3.8) is 0 Å². The highest BCUT2D eigenvalue weighted by molar-refractivity contribution is 9.11. The summed E-state index contributed by atoms with van der Waals surface area (Å²) < 4.78 is 1.54. The lowest BCUT2D eigenvalue weighted by atomic mass is 10.1. The maximum Gasteiger partial charge on any atom is 0.293 e. The van der Waals surface area contributed by atoms with Gasteiger partial charge in [-0.1, -0.05) is 0 Å². The molecule has 2 saturated carbocycles. The summed E-state index contributed by atoms with van der Waals surface area (Å²) in [5, 5.41) is 10.7. The second kappa shape index (κ2) is 7.44. The Balaban J connectivity index is 0.000000152. The second-order valence-corrected chi connectivity index (χ2v) is 8.46. The van der Waals surface area contributed by atoms with Gasteiger partial charge in [0.1, 0.15) is 5.69 Å². The first-order valence-corrected chi connectivity index (χ1v) is 9.94. The Morgan fingerprint density at radius 3 is 1.73 bits per heavy atom. The van der Waals surface area contributed by atoms with E-state index in [0.717, 1.165) is 28.8 Å². The van der Waals surface area contributed by atoms with Crippen LogP contribution in [0.5, 0.6) is 0 Å². The number of halogens is 2. The first kappa shape index (κ1) is 19.0. The third-order valence-corrected chi connectivity index (χ3v) is 5.92. The molecule has 0 radical (unpaired) electrons. The van der Waals surface area contributed by atoms with Gasteiger partial charge in [0, 0.05) is 15.0 Å². The van der Waals surface area contributed by atoms with Crippen molar-refractivity contribution >= 4 is 54.6 Å². The van der Waals surface area contributed by atoms with E-state index in [0.29, 0.717) is 21.8 Å². The molecule has 2 aliphatic rings. The minimum absolute atomic E-state index is 0.00118. The number of benzene rings is 2. The molecule has 4 rings (SSSR count). The summed E-state index contributed by atoms with van der Waals surface area (Å²) in [5.74, 6) is 1.22. The zero-order valence-electron chi connectivity index (χ0n) is 14.0. The molecule has 2 fully saturated rings. The molecule has 26 heavy (non-hydrogen) atoms. The molecule has 0 atom stereocenters. The Kier molecular flexibility index (Phi) is 5.43. The number of nitro groups is 1. The lowest BCUT2D eigenvalue weighted by Gasteiger charge is -2.05. The molecule has 0 spiro atoms. The predicted octanol–water partition coefficient (Wildman–Crippen LogP) is 5.31. The highest BCUT2D eigenvalue weighted by atomic mass is 79.9. The smallest absolute Gasteiger partial charge is 0.293 e. The summed E-state index contributed by atoms with van der Waals surface area (Å²) >= 11 is 6.62. The zero-order chi connectivity index (χ0) is 19.0. The summed E-state index contributed by atoms with van der Waals surface area (Å²) in [6.45, 7) is 0. The quantitative estimate of drug-likeness (QED) is 0.310. The molecule has 2 aromatic carbocycles. The number of nitrogen functional groups attached to an aromatic ring is 3. The number of nitrogens with zero attached hydrogens (tertiary/aromatic N) is 1. The molecule has 2 aliphatic carbocycles. The van der Waals surface area contributed by atoms with Crippen LogP contribution in [0.3, 0.4) is 0 Å². The van der Waals surface area contributed by atoms with E-state index in [4.69, 9.17) is 17.2 Å². The average molecular weight is 484 g/mol. The van der Waals surface area contributed by atoms with Crippen LogP contribution in [0.2, 0.25) is 0 Å². The van der Waals surface area contributed by atoms with Gasteiger partial charge in [0.05, 0.1) is 16.3 Å². The lowest BCUT2D eigenvalue weighted by Crippen LogP contribution is -1.98. The van der Waals surface area contributed by atoms with Crippen LogP contribution < -0.4 is 17.2 Å². The van der Waals surface area contributed by atoms with Crippen molar-refractivity contribution in [1.82, 2.24) is 0 Å². The molecule has 0 aromatic heterocycles. The molecule has 0 bridgehead atoms. The van der Waals surface area contributed by atoms with Gasteiger partial charge < -0.3 is 17.2 Å². The van der Waals surface area contributed by atoms with Gasteiger partial charge >= 0.3 is 0 Å². The molecule has 0 heterocycles. The third kappa shape index (κ3) is 4.29. The van der Waals surface area contributed by atoms with Gasteiger partial charge in [-0.25, -0.2) is 0 Å². The van der Waals surface area contributed by atoms with Gasteiger partial charge in [-0.05, 0) is 98.7 Å². The molecule has 6 N–H and O–H groups in total. The normalized spacial score (nSPS) is 15.9. The molecular formula is C18H20Br2N4O2. The fourth-order valence-electron chi connectivity index (χ4n) is 2.74. The topological polar surface area (TPSA) is 121 Å². The summed E-state index contributed by atoms with van der Waals surface area (Å²) in [6.07, 6.45) is 4.81. The number of nitrogens with two attached hydrogens (primary N) is 3. The van der Waals surface area contributed by atoms with E-state index in [2.05, 4.69) is 37.9 Å². The van der Waals surface area contributed by atoms with Crippen molar-refractivity contribution in [3.8, 4) is 0 Å². The number of nitro benzene ring substituents is 1. The van der Waals surface area contributed by atoms with Crippen molar-refractivity contribution in [1.29, 1.82) is 0 Å². The van der Waals surface area contributed by atoms with Gasteiger partial charge in [0.2, 0.25) is 0 Å². The van der Waals surface area contributed by atoms with Crippen molar-refractivity contribution in [2.45, 2.75) is 37.5 Å². The largest absolute Gasteiger partial charge is 0.397 e. The van der Waals surface area contributed by atoms with Crippen LogP contribution >= 0.6 is 31.9 Å². The third-order valence-electron chi connectivity index (χ3n) is 4.61. The number of hydrogen-bond donors (Lipinski definition) is 3. The maximum absolute atomic E-state index is 10.7. The van der Waals surface area contributed by atoms with Crippen LogP contribution in [-0.4, -0.2) is 4.92 Å². The highest BCUT2D eigenvalue weighted by Gasteiger charge is 2.27. The Morgan fingerprint density at radius 1 is 0.846 bits per heavy atom. The molecule has 138 valence electrons. The molecule has 0 aliphatic heterocycles. The summed E-state index contributed by atoms with van der Waals surface area (Å²) in [5.41, 5.74) is 20.9. The van der Waals surface area contributed by atoms with Crippen molar-refractivity contribution in [2.75, 3.05) is 17.2 Å². The van der Waals surface area contributed by atoms with Crippen LogP contribution in [0.25, 0.3) is 0 Å². The van der Waals surface area contributed by atoms with Gasteiger partial charge in [-0.3, -0.25) is 10.1 Å². The zero-order valence-corrected chi connectivity index (χ0v) is 17.2. The summed E-state index contributed by atoms with van der Waals surface area (Å²) in [7, 11) is 0. The average Bonchev–Trinajstić information content (AvgIpc) is 3.47. The minimum Gasteiger partial charge on any atom is -0.397 e. The summed E-state index contributed by atoms with van der Waals surface area (Å²) in [4.78, 5) is 10.2. The Hall–Kier alpha value is -1.80. The van der Waals surface area contributed by atoms with Crippen molar-refractivity contribution < 1.29 is 4.92 Å². The first-order chi connectivity index (χ1) is 12.3. The van der Waals surface area contributed by atoms with Crippen LogP contribution in [-0.2, 0) is 0 Å². The molecule has 0 saturated heterocycles. The monoisotopic (exact) mass is 482 g/mol. The molecule has 8 heteroatoms. The van der Waals surface area contributed by atoms with E-state index in [1.165, 1.54) is 18.4 Å². The van der Waals surface area contributed by atoms with E-state index in [1.807, 2.05) is 12.1 Å². The second-order valence-electron chi connectivity index (χ2n) is 6.75. The Bertz CT molecular complexity index is 842. The molecule has 0 amide bonds. The van der Waals surface area contributed by atoms with E-state index < -0.39 is 4.92 Å². The fourth-order valence-corrected chi connectivity index (χ4v) is 3.70.